The predicted octanol–water partition coefficient (Wildman–Crippen LogP) is 4.53. The van der Waals surface area contributed by atoms with Crippen LogP contribution in [0.3, 0.4) is 0 Å². The third-order valence-corrected chi connectivity index (χ3v) is 5.94. The van der Waals surface area contributed by atoms with Crippen molar-refractivity contribution in [2.75, 3.05) is 33.2 Å². The van der Waals surface area contributed by atoms with Gasteiger partial charge in [-0.3, -0.25) is 0 Å². The second-order valence-electron chi connectivity index (χ2n) is 8.40. The molecule has 1 fully saturated rings. The van der Waals surface area contributed by atoms with Gasteiger partial charge in [-0.05, 0) is 87.5 Å². The van der Waals surface area contributed by atoms with Gasteiger partial charge in [0.25, 0.3) is 0 Å². The smallest absolute Gasteiger partial charge is 0.126 e. The van der Waals surface area contributed by atoms with Crippen LogP contribution in [0.4, 0.5) is 4.39 Å². The summed E-state index contributed by atoms with van der Waals surface area (Å²) in [6, 6.07) is 11.3. The molecule has 0 aliphatic carbocycles. The molecule has 4 heteroatoms. The molecule has 0 bridgehead atoms. The zero-order valence-electron chi connectivity index (χ0n) is 17.4. The first-order valence-corrected chi connectivity index (χ1v) is 10.4. The van der Waals surface area contributed by atoms with Gasteiger partial charge >= 0.3 is 0 Å². The third kappa shape index (κ3) is 5.55. The van der Waals surface area contributed by atoms with E-state index in [4.69, 9.17) is 0 Å². The van der Waals surface area contributed by atoms with E-state index in [0.29, 0.717) is 11.7 Å². The van der Waals surface area contributed by atoms with Gasteiger partial charge in [0.2, 0.25) is 0 Å². The molecule has 0 aromatic heterocycles. The Hall–Kier alpha value is -1.91. The van der Waals surface area contributed by atoms with Gasteiger partial charge in [-0.25, -0.2) is 4.39 Å². The SMILES string of the molecule is Cc1cc(CN(C)CC2CCN(CCc3ccccc3F)CC2)cc(C)c1O. The van der Waals surface area contributed by atoms with Crippen LogP contribution in [0.2, 0.25) is 0 Å². The zero-order valence-corrected chi connectivity index (χ0v) is 17.4. The molecular weight excluding hydrogens is 351 g/mol. The van der Waals surface area contributed by atoms with Crippen molar-refractivity contribution >= 4 is 0 Å². The van der Waals surface area contributed by atoms with E-state index in [2.05, 4.69) is 29.0 Å². The van der Waals surface area contributed by atoms with Crippen LogP contribution in [0, 0.1) is 25.6 Å². The second kappa shape index (κ2) is 9.53. The summed E-state index contributed by atoms with van der Waals surface area (Å²) in [5, 5.41) is 9.94. The fourth-order valence-electron chi connectivity index (χ4n) is 4.33. The van der Waals surface area contributed by atoms with Crippen molar-refractivity contribution in [3.8, 4) is 5.75 Å². The number of nitrogens with zero attached hydrogens (tertiary/aromatic N) is 2. The van der Waals surface area contributed by atoms with E-state index in [-0.39, 0.29) is 5.82 Å². The van der Waals surface area contributed by atoms with E-state index in [9.17, 15) is 9.50 Å². The van der Waals surface area contributed by atoms with E-state index in [1.54, 1.807) is 12.1 Å². The average Bonchev–Trinajstić information content (AvgIpc) is 2.66. The Kier molecular flexibility index (Phi) is 7.08. The van der Waals surface area contributed by atoms with Crippen LogP contribution in [-0.4, -0.2) is 48.1 Å². The molecule has 0 unspecified atom stereocenters. The van der Waals surface area contributed by atoms with Gasteiger partial charge in [-0.2, -0.15) is 0 Å². The number of phenols is 1. The zero-order chi connectivity index (χ0) is 20.1. The molecule has 2 aromatic carbocycles. The highest BCUT2D eigenvalue weighted by Crippen LogP contribution is 2.24. The highest BCUT2D eigenvalue weighted by atomic mass is 19.1. The summed E-state index contributed by atoms with van der Waals surface area (Å²) in [6.07, 6.45) is 3.20. The van der Waals surface area contributed by atoms with Gasteiger partial charge in [0, 0.05) is 19.6 Å². The lowest BCUT2D eigenvalue weighted by atomic mass is 9.95. The molecular formula is C24H33FN2O. The molecule has 0 atom stereocenters. The number of halogens is 1. The van der Waals surface area contributed by atoms with E-state index < -0.39 is 0 Å². The van der Waals surface area contributed by atoms with E-state index >= 15 is 0 Å². The summed E-state index contributed by atoms with van der Waals surface area (Å²) < 4.78 is 13.8. The molecule has 152 valence electrons. The number of aromatic hydroxyl groups is 1. The lowest BCUT2D eigenvalue weighted by molar-refractivity contribution is 0.153. The van der Waals surface area contributed by atoms with Gasteiger partial charge in [0.15, 0.2) is 0 Å². The minimum absolute atomic E-state index is 0.0845. The Morgan fingerprint density at radius 3 is 2.39 bits per heavy atom. The quantitative estimate of drug-likeness (QED) is 0.759. The minimum atomic E-state index is -0.0845. The molecule has 0 amide bonds. The van der Waals surface area contributed by atoms with Crippen molar-refractivity contribution in [1.29, 1.82) is 0 Å². The first-order chi connectivity index (χ1) is 13.4. The number of phenolic OH excluding ortho intramolecular Hbond substituents is 1. The lowest BCUT2D eigenvalue weighted by Crippen LogP contribution is -2.38. The Bertz CT molecular complexity index is 761. The summed E-state index contributed by atoms with van der Waals surface area (Å²) in [5.74, 6) is 1.04. The Labute approximate surface area is 168 Å². The van der Waals surface area contributed by atoms with Crippen LogP contribution in [-0.2, 0) is 13.0 Å². The summed E-state index contributed by atoms with van der Waals surface area (Å²) >= 11 is 0. The van der Waals surface area contributed by atoms with Crippen molar-refractivity contribution < 1.29 is 9.50 Å². The molecule has 2 aromatic rings. The molecule has 3 rings (SSSR count). The normalized spacial score (nSPS) is 16.0. The van der Waals surface area contributed by atoms with Crippen LogP contribution >= 0.6 is 0 Å². The van der Waals surface area contributed by atoms with Crippen LogP contribution in [0.25, 0.3) is 0 Å². The molecule has 1 saturated heterocycles. The molecule has 3 nitrogen and oxygen atoms in total. The summed E-state index contributed by atoms with van der Waals surface area (Å²) in [4.78, 5) is 4.86. The third-order valence-electron chi connectivity index (χ3n) is 5.94. The van der Waals surface area contributed by atoms with Crippen molar-refractivity contribution in [3.05, 3.63) is 64.5 Å². The van der Waals surface area contributed by atoms with Crippen molar-refractivity contribution in [1.82, 2.24) is 9.80 Å². The van der Waals surface area contributed by atoms with Crippen molar-refractivity contribution in [3.63, 3.8) is 0 Å². The number of benzene rings is 2. The Morgan fingerprint density at radius 1 is 1.11 bits per heavy atom. The van der Waals surface area contributed by atoms with Crippen LogP contribution in [0.1, 0.15) is 35.1 Å². The summed E-state index contributed by atoms with van der Waals surface area (Å²) in [5.41, 5.74) is 3.99. The van der Waals surface area contributed by atoms with Gasteiger partial charge in [-0.1, -0.05) is 30.3 Å². The van der Waals surface area contributed by atoms with Gasteiger partial charge < -0.3 is 14.9 Å². The van der Waals surface area contributed by atoms with Gasteiger partial charge in [0.05, 0.1) is 0 Å². The fraction of sp³-hybridized carbons (Fsp3) is 0.500. The number of hydrogen-bond donors (Lipinski definition) is 1. The number of hydrogen-bond acceptors (Lipinski definition) is 3. The lowest BCUT2D eigenvalue weighted by Gasteiger charge is -2.34. The minimum Gasteiger partial charge on any atom is -0.507 e. The molecule has 1 aliphatic rings. The maximum Gasteiger partial charge on any atom is 0.126 e. The fourth-order valence-corrected chi connectivity index (χ4v) is 4.33. The highest BCUT2D eigenvalue weighted by Gasteiger charge is 2.20. The molecule has 1 heterocycles. The van der Waals surface area contributed by atoms with Crippen LogP contribution in [0.15, 0.2) is 36.4 Å². The van der Waals surface area contributed by atoms with Gasteiger partial charge in [-0.15, -0.1) is 0 Å². The molecule has 0 saturated carbocycles. The standard InChI is InChI=1S/C24H33FN2O/c1-18-14-21(15-19(2)24(18)28)17-26(3)16-20-8-11-27(12-9-20)13-10-22-6-4-5-7-23(22)25/h4-7,14-15,20,28H,8-13,16-17H2,1-3H3. The molecule has 1 aliphatic heterocycles. The largest absolute Gasteiger partial charge is 0.507 e. The molecule has 1 N–H and O–H groups in total. The molecule has 0 radical (unpaired) electrons. The second-order valence-corrected chi connectivity index (χ2v) is 8.40. The van der Waals surface area contributed by atoms with Crippen LogP contribution in [0.5, 0.6) is 5.75 Å². The first-order valence-electron chi connectivity index (χ1n) is 10.4. The Balaban J connectivity index is 1.42. The number of piperidine rings is 1. The van der Waals surface area contributed by atoms with E-state index in [1.165, 1.54) is 18.4 Å². The average molecular weight is 385 g/mol. The topological polar surface area (TPSA) is 26.7 Å². The number of likely N-dealkylation sites (tertiary alicyclic amines) is 1. The number of aryl methyl sites for hydroxylation is 2. The van der Waals surface area contributed by atoms with Gasteiger partial charge in [0.1, 0.15) is 11.6 Å². The van der Waals surface area contributed by atoms with E-state index in [1.807, 2.05) is 26.0 Å². The Morgan fingerprint density at radius 2 is 1.75 bits per heavy atom. The maximum absolute atomic E-state index is 13.8. The van der Waals surface area contributed by atoms with Crippen LogP contribution < -0.4 is 0 Å². The first kappa shape index (κ1) is 20.8. The number of rotatable bonds is 7. The summed E-state index contributed by atoms with van der Waals surface area (Å²) in [6.45, 7) is 9.08. The molecule has 28 heavy (non-hydrogen) atoms. The summed E-state index contributed by atoms with van der Waals surface area (Å²) in [7, 11) is 2.18. The van der Waals surface area contributed by atoms with Crippen molar-refractivity contribution in [2.24, 2.45) is 5.92 Å². The van der Waals surface area contributed by atoms with Crippen molar-refractivity contribution in [2.45, 2.75) is 39.7 Å². The monoisotopic (exact) mass is 384 g/mol. The highest BCUT2D eigenvalue weighted by molar-refractivity contribution is 5.42. The van der Waals surface area contributed by atoms with E-state index in [0.717, 1.165) is 55.8 Å². The molecule has 0 spiro atoms. The maximum atomic E-state index is 13.8. The predicted molar refractivity (Wildman–Crippen MR) is 113 cm³/mol.